The van der Waals surface area contributed by atoms with Crippen LogP contribution >= 0.6 is 15.9 Å². The van der Waals surface area contributed by atoms with Crippen molar-refractivity contribution in [2.45, 2.75) is 13.0 Å². The lowest BCUT2D eigenvalue weighted by Crippen LogP contribution is -2.17. The number of halogens is 1. The highest BCUT2D eigenvalue weighted by Gasteiger charge is 2.02. The predicted molar refractivity (Wildman–Crippen MR) is 60.4 cm³/mol. The Hall–Kier alpha value is -1.07. The van der Waals surface area contributed by atoms with Crippen molar-refractivity contribution in [3.05, 3.63) is 40.8 Å². The molecule has 2 aromatic heterocycles. The summed E-state index contributed by atoms with van der Waals surface area (Å²) < 4.78 is 6.28. The molecule has 0 bridgehead atoms. The number of H-pyrrole nitrogens is 1. The number of furan rings is 1. The summed E-state index contributed by atoms with van der Waals surface area (Å²) in [5, 5.41) is 3.28. The maximum absolute atomic E-state index is 5.27. The Kier molecular flexibility index (Phi) is 3.58. The molecule has 0 saturated heterocycles. The Balaban J connectivity index is 1.70. The molecule has 2 heterocycles. The largest absolute Gasteiger partial charge is 0.467 e. The van der Waals surface area contributed by atoms with Crippen molar-refractivity contribution >= 4 is 15.9 Å². The van der Waals surface area contributed by atoms with E-state index in [-0.39, 0.29) is 0 Å². The molecule has 80 valence electrons. The molecule has 0 aliphatic heterocycles. The Labute approximate surface area is 96.2 Å². The number of hydrogen-bond acceptors (Lipinski definition) is 3. The van der Waals surface area contributed by atoms with E-state index in [1.807, 2.05) is 12.3 Å². The molecule has 0 aliphatic rings. The van der Waals surface area contributed by atoms with E-state index in [4.69, 9.17) is 4.42 Å². The fraction of sp³-hybridized carbons (Fsp3) is 0.300. The van der Waals surface area contributed by atoms with Crippen LogP contribution in [-0.4, -0.2) is 16.5 Å². The molecule has 0 spiro atoms. The summed E-state index contributed by atoms with van der Waals surface area (Å²) in [5.74, 6) is 1.93. The van der Waals surface area contributed by atoms with Gasteiger partial charge in [-0.3, -0.25) is 0 Å². The van der Waals surface area contributed by atoms with Gasteiger partial charge in [-0.05, 0) is 22.0 Å². The topological polar surface area (TPSA) is 53.9 Å². The second-order valence-corrected chi connectivity index (χ2v) is 4.01. The zero-order valence-corrected chi connectivity index (χ0v) is 9.75. The highest BCUT2D eigenvalue weighted by atomic mass is 79.9. The smallest absolute Gasteiger partial charge is 0.131 e. The van der Waals surface area contributed by atoms with E-state index in [0.717, 1.165) is 35.6 Å². The van der Waals surface area contributed by atoms with Crippen molar-refractivity contribution in [3.8, 4) is 0 Å². The Morgan fingerprint density at radius 3 is 3.13 bits per heavy atom. The Bertz CT molecular complexity index is 396. The van der Waals surface area contributed by atoms with E-state index in [9.17, 15) is 0 Å². The Morgan fingerprint density at radius 1 is 1.53 bits per heavy atom. The molecular formula is C10H12BrN3O. The van der Waals surface area contributed by atoms with E-state index in [1.165, 1.54) is 0 Å². The summed E-state index contributed by atoms with van der Waals surface area (Å²) in [6.07, 6.45) is 6.16. The summed E-state index contributed by atoms with van der Waals surface area (Å²) in [5.41, 5.74) is 0. The number of nitrogens with one attached hydrogen (secondary N) is 2. The van der Waals surface area contributed by atoms with Crippen molar-refractivity contribution in [1.29, 1.82) is 0 Å². The number of imidazole rings is 1. The molecule has 15 heavy (non-hydrogen) atoms. The summed E-state index contributed by atoms with van der Waals surface area (Å²) in [4.78, 5) is 7.20. The van der Waals surface area contributed by atoms with E-state index < -0.39 is 0 Å². The zero-order chi connectivity index (χ0) is 10.5. The first-order valence-electron chi connectivity index (χ1n) is 4.77. The lowest BCUT2D eigenvalue weighted by atomic mass is 10.4. The number of aromatic amines is 1. The standard InChI is InChI=1S/C10H12BrN3O/c11-8-2-6-15-9(8)7-12-3-1-10-13-4-5-14-10/h2,4-6,12H,1,3,7H2,(H,13,14). The van der Waals surface area contributed by atoms with E-state index in [1.54, 1.807) is 12.5 Å². The van der Waals surface area contributed by atoms with Crippen LogP contribution in [-0.2, 0) is 13.0 Å². The quantitative estimate of drug-likeness (QED) is 0.818. The minimum Gasteiger partial charge on any atom is -0.467 e. The number of rotatable bonds is 5. The maximum atomic E-state index is 5.27. The minimum absolute atomic E-state index is 0.730. The molecule has 2 N–H and O–H groups in total. The lowest BCUT2D eigenvalue weighted by molar-refractivity contribution is 0.481. The van der Waals surface area contributed by atoms with Gasteiger partial charge in [0.05, 0.1) is 17.3 Å². The third-order valence-electron chi connectivity index (χ3n) is 2.07. The molecular weight excluding hydrogens is 258 g/mol. The highest BCUT2D eigenvalue weighted by molar-refractivity contribution is 9.10. The SMILES string of the molecule is Brc1ccoc1CNCCc1ncc[nH]1. The van der Waals surface area contributed by atoms with Crippen molar-refractivity contribution in [2.75, 3.05) is 6.54 Å². The van der Waals surface area contributed by atoms with Crippen LogP contribution in [0.25, 0.3) is 0 Å². The third kappa shape index (κ3) is 2.94. The van der Waals surface area contributed by atoms with Crippen molar-refractivity contribution < 1.29 is 4.42 Å². The fourth-order valence-electron chi connectivity index (χ4n) is 1.29. The van der Waals surface area contributed by atoms with Gasteiger partial charge in [-0.1, -0.05) is 0 Å². The summed E-state index contributed by atoms with van der Waals surface area (Å²) in [7, 11) is 0. The zero-order valence-electron chi connectivity index (χ0n) is 8.16. The normalized spacial score (nSPS) is 10.7. The van der Waals surface area contributed by atoms with Gasteiger partial charge >= 0.3 is 0 Å². The van der Waals surface area contributed by atoms with Gasteiger partial charge in [0.15, 0.2) is 0 Å². The first kappa shape index (κ1) is 10.4. The molecule has 0 aliphatic carbocycles. The second kappa shape index (κ2) is 5.14. The van der Waals surface area contributed by atoms with Gasteiger partial charge in [0.25, 0.3) is 0 Å². The average molecular weight is 270 g/mol. The minimum atomic E-state index is 0.730. The fourth-order valence-corrected chi connectivity index (χ4v) is 1.64. The average Bonchev–Trinajstić information content (AvgIpc) is 2.85. The summed E-state index contributed by atoms with van der Waals surface area (Å²) >= 11 is 3.40. The van der Waals surface area contributed by atoms with Gasteiger partial charge in [0.1, 0.15) is 11.6 Å². The molecule has 0 saturated carbocycles. The molecule has 2 aromatic rings. The molecule has 0 radical (unpaired) electrons. The molecule has 0 fully saturated rings. The van der Waals surface area contributed by atoms with Gasteiger partial charge in [-0.25, -0.2) is 4.98 Å². The van der Waals surface area contributed by atoms with Crippen LogP contribution in [0.15, 0.2) is 33.6 Å². The first-order valence-corrected chi connectivity index (χ1v) is 5.56. The van der Waals surface area contributed by atoms with Crippen LogP contribution in [0.5, 0.6) is 0 Å². The van der Waals surface area contributed by atoms with Crippen molar-refractivity contribution in [1.82, 2.24) is 15.3 Å². The molecule has 5 heteroatoms. The van der Waals surface area contributed by atoms with E-state index in [2.05, 4.69) is 31.2 Å². The van der Waals surface area contributed by atoms with E-state index >= 15 is 0 Å². The van der Waals surface area contributed by atoms with Gasteiger partial charge < -0.3 is 14.7 Å². The molecule has 0 amide bonds. The molecule has 2 rings (SSSR count). The van der Waals surface area contributed by atoms with Crippen LogP contribution in [0.3, 0.4) is 0 Å². The van der Waals surface area contributed by atoms with Gasteiger partial charge in [0, 0.05) is 25.4 Å². The monoisotopic (exact) mass is 269 g/mol. The number of hydrogen-bond donors (Lipinski definition) is 2. The third-order valence-corrected chi connectivity index (χ3v) is 2.78. The van der Waals surface area contributed by atoms with Crippen molar-refractivity contribution in [3.63, 3.8) is 0 Å². The molecule has 0 aromatic carbocycles. The van der Waals surface area contributed by atoms with Gasteiger partial charge in [0.2, 0.25) is 0 Å². The van der Waals surface area contributed by atoms with Crippen LogP contribution in [0.2, 0.25) is 0 Å². The van der Waals surface area contributed by atoms with E-state index in [0.29, 0.717) is 0 Å². The highest BCUT2D eigenvalue weighted by Crippen LogP contribution is 2.16. The molecule has 4 nitrogen and oxygen atoms in total. The van der Waals surface area contributed by atoms with Gasteiger partial charge in [-0.15, -0.1) is 0 Å². The number of aromatic nitrogens is 2. The Morgan fingerprint density at radius 2 is 2.47 bits per heavy atom. The molecule has 0 atom stereocenters. The van der Waals surface area contributed by atoms with Gasteiger partial charge in [-0.2, -0.15) is 0 Å². The van der Waals surface area contributed by atoms with Crippen LogP contribution in [0.1, 0.15) is 11.6 Å². The van der Waals surface area contributed by atoms with Crippen LogP contribution in [0, 0.1) is 0 Å². The van der Waals surface area contributed by atoms with Crippen LogP contribution < -0.4 is 5.32 Å². The predicted octanol–water partition coefficient (Wildman–Crippen LogP) is 2.10. The second-order valence-electron chi connectivity index (χ2n) is 3.15. The maximum Gasteiger partial charge on any atom is 0.131 e. The lowest BCUT2D eigenvalue weighted by Gasteiger charge is -2.01. The summed E-state index contributed by atoms with van der Waals surface area (Å²) in [6, 6.07) is 1.89. The first-order chi connectivity index (χ1) is 7.36. The van der Waals surface area contributed by atoms with Crippen molar-refractivity contribution in [2.24, 2.45) is 0 Å². The molecule has 0 unspecified atom stereocenters. The number of nitrogens with zero attached hydrogens (tertiary/aromatic N) is 1. The van der Waals surface area contributed by atoms with Crippen LogP contribution in [0.4, 0.5) is 0 Å². The summed E-state index contributed by atoms with van der Waals surface area (Å²) in [6.45, 7) is 1.61.